The minimum Gasteiger partial charge on any atom is -0.508 e. The third kappa shape index (κ3) is 9.70. The van der Waals surface area contributed by atoms with Crippen molar-refractivity contribution < 1.29 is 23.8 Å². The predicted molar refractivity (Wildman–Crippen MR) is 272 cm³/mol. The zero-order valence-electron chi connectivity index (χ0n) is 40.4. The van der Waals surface area contributed by atoms with Gasteiger partial charge in [0.2, 0.25) is 11.8 Å². The number of ether oxygens (including phenoxy) is 1. The lowest BCUT2D eigenvalue weighted by molar-refractivity contribution is -0.133. The molecule has 7 heterocycles. The van der Waals surface area contributed by atoms with Crippen molar-refractivity contribution in [3.8, 4) is 35.4 Å². The van der Waals surface area contributed by atoms with Crippen LogP contribution in [0.3, 0.4) is 0 Å². The van der Waals surface area contributed by atoms with E-state index < -0.39 is 5.82 Å². The second-order valence-corrected chi connectivity index (χ2v) is 21.4. The number of pyridine rings is 1. The highest BCUT2D eigenvalue weighted by molar-refractivity contribution is 6.03. The van der Waals surface area contributed by atoms with Gasteiger partial charge in [0.25, 0.3) is 0 Å². The minimum atomic E-state index is -0.600. The molecular formula is C55H65FN10O4. The average Bonchev–Trinajstić information content (AvgIpc) is 4.14. The summed E-state index contributed by atoms with van der Waals surface area (Å²) in [5.74, 6) is 4.16. The number of anilines is 3. The van der Waals surface area contributed by atoms with Crippen molar-refractivity contribution in [3.05, 3.63) is 72.2 Å². The van der Waals surface area contributed by atoms with Crippen molar-refractivity contribution in [3.63, 3.8) is 0 Å². The van der Waals surface area contributed by atoms with Gasteiger partial charge in [0, 0.05) is 123 Å². The molecule has 11 rings (SSSR count). The summed E-state index contributed by atoms with van der Waals surface area (Å²) < 4.78 is 23.9. The fourth-order valence-electron chi connectivity index (χ4n) is 12.0. The molecule has 5 aromatic rings. The van der Waals surface area contributed by atoms with Crippen LogP contribution >= 0.6 is 0 Å². The second kappa shape index (κ2) is 19.3. The normalized spacial score (nSPS) is 25.4. The van der Waals surface area contributed by atoms with Gasteiger partial charge < -0.3 is 40.1 Å². The number of carbonyl (C=O) groups excluding carboxylic acids is 2. The molecular weight excluding hydrogens is 884 g/mol. The van der Waals surface area contributed by atoms with Crippen LogP contribution in [0, 0.1) is 41.3 Å². The Bertz CT molecular complexity index is 2800. The molecule has 6 aliphatic rings. The smallest absolute Gasteiger partial charge is 0.319 e. The summed E-state index contributed by atoms with van der Waals surface area (Å²) >= 11 is 0. The largest absolute Gasteiger partial charge is 0.508 e. The van der Waals surface area contributed by atoms with Crippen LogP contribution in [-0.2, 0) is 9.59 Å². The number of nitrogens with one attached hydrogen (secondary N) is 3. The first-order valence-electron chi connectivity index (χ1n) is 25.6. The first-order valence-corrected chi connectivity index (χ1v) is 25.6. The van der Waals surface area contributed by atoms with Crippen molar-refractivity contribution >= 4 is 50.7 Å². The van der Waals surface area contributed by atoms with Crippen molar-refractivity contribution in [1.82, 2.24) is 35.4 Å². The van der Waals surface area contributed by atoms with E-state index in [2.05, 4.69) is 67.5 Å². The molecule has 4 N–H and O–H groups in total. The highest BCUT2D eigenvalue weighted by Crippen LogP contribution is 2.47. The van der Waals surface area contributed by atoms with Crippen LogP contribution in [0.5, 0.6) is 11.8 Å². The quantitative estimate of drug-likeness (QED) is 0.0769. The number of halogens is 1. The van der Waals surface area contributed by atoms with Crippen molar-refractivity contribution in [2.75, 3.05) is 87.2 Å². The number of phenolic OH excluding ortho intramolecular Hbond substituents is 1. The molecule has 5 aliphatic heterocycles. The third-order valence-electron chi connectivity index (χ3n) is 16.4. The molecule has 5 unspecified atom stereocenters. The lowest BCUT2D eigenvalue weighted by atomic mass is 9.89. The topological polar surface area (TPSA) is 151 Å². The Labute approximate surface area is 409 Å². The van der Waals surface area contributed by atoms with Crippen molar-refractivity contribution in [2.45, 2.75) is 83.3 Å². The molecule has 2 aromatic heterocycles. The number of carbonyl (C=O) groups is 2. The van der Waals surface area contributed by atoms with Gasteiger partial charge >= 0.3 is 6.01 Å². The highest BCUT2D eigenvalue weighted by Gasteiger charge is 2.46. The number of rotatable bonds is 12. The van der Waals surface area contributed by atoms with Gasteiger partial charge in [-0.15, -0.1) is 6.42 Å². The molecule has 1 aliphatic carbocycles. The number of piperidine rings is 2. The van der Waals surface area contributed by atoms with Gasteiger partial charge in [-0.3, -0.25) is 19.9 Å². The van der Waals surface area contributed by atoms with Crippen LogP contribution < -0.4 is 30.5 Å². The second-order valence-electron chi connectivity index (χ2n) is 21.4. The van der Waals surface area contributed by atoms with Gasteiger partial charge in [-0.1, -0.05) is 31.9 Å². The molecule has 70 heavy (non-hydrogen) atoms. The van der Waals surface area contributed by atoms with Crippen LogP contribution in [0.4, 0.5) is 21.6 Å². The zero-order valence-corrected chi connectivity index (χ0v) is 40.4. The number of piperazine rings is 2. The van der Waals surface area contributed by atoms with E-state index >= 15 is 4.39 Å². The lowest BCUT2D eigenvalue weighted by Crippen LogP contribution is -2.56. The number of nitrogens with zero attached hydrogens (tertiary/aromatic N) is 7. The van der Waals surface area contributed by atoms with Crippen LogP contribution in [0.1, 0.15) is 70.8 Å². The van der Waals surface area contributed by atoms with Gasteiger partial charge in [0.05, 0.1) is 12.0 Å². The van der Waals surface area contributed by atoms with Crippen LogP contribution in [-0.4, -0.2) is 132 Å². The Balaban J connectivity index is 0.738. The molecule has 14 nitrogen and oxygen atoms in total. The molecule has 15 heteroatoms. The standard InChI is InChI=1S/C55H65FN10O4/c1-4-37-6-5-7-38-26-43(67)27-44(48(37)38)50-49(56)51-45(28-57-50)52(66-30-40-24-34(2)35(3)25-41(31-66)58-40)62-54(61-51)70-33-55(16-17-55)32-64-22-20-63(21-23-64)29-36-14-18-65(19-15-36)42-10-8-39(9-11-42)59-46-12-13-47(68)60-53(46)69/h1,5-11,26-28,34-36,40-41,46,58-59,67H,12-25,29-33H2,2-3H3,(H,60,68,69). The van der Waals surface area contributed by atoms with E-state index in [9.17, 15) is 14.7 Å². The average molecular weight is 949 g/mol. The number of amides is 2. The van der Waals surface area contributed by atoms with E-state index in [4.69, 9.17) is 26.1 Å². The highest BCUT2D eigenvalue weighted by atomic mass is 19.1. The fraction of sp³-hybridized carbons (Fsp3) is 0.509. The Kier molecular flexibility index (Phi) is 12.7. The number of hydrogen-bond acceptors (Lipinski definition) is 13. The van der Waals surface area contributed by atoms with E-state index in [1.54, 1.807) is 12.3 Å². The minimum absolute atomic E-state index is 0.00297. The van der Waals surface area contributed by atoms with Gasteiger partial charge in [-0.05, 0) is 111 Å². The van der Waals surface area contributed by atoms with Crippen LogP contribution in [0.15, 0.2) is 60.8 Å². The third-order valence-corrected chi connectivity index (χ3v) is 16.4. The van der Waals surface area contributed by atoms with E-state index in [1.165, 1.54) is 11.8 Å². The Morgan fingerprint density at radius 2 is 1.64 bits per heavy atom. The lowest BCUT2D eigenvalue weighted by Gasteiger charge is -2.40. The van der Waals surface area contributed by atoms with Gasteiger partial charge in [0.1, 0.15) is 28.8 Å². The fourth-order valence-corrected chi connectivity index (χ4v) is 12.0. The molecule has 0 radical (unpaired) electrons. The SMILES string of the molecule is C#Cc1cccc2cc(O)cc(-c3ncc4c(N5CC6CC(C)C(C)CC(C5)N6)nc(OCC5(CN6CCN(CC7CCN(c8ccc(NC9CCC(=O)NC9=O)cc8)CC7)CC6)CC5)nc4c3F)c12. The summed E-state index contributed by atoms with van der Waals surface area (Å²) in [6, 6.07) is 17.3. The summed E-state index contributed by atoms with van der Waals surface area (Å²) in [7, 11) is 0. The molecule has 0 spiro atoms. The summed E-state index contributed by atoms with van der Waals surface area (Å²) in [5, 5.41) is 22.2. The number of hydrogen-bond donors (Lipinski definition) is 4. The molecule has 1 saturated carbocycles. The molecule has 3 aromatic carbocycles. The van der Waals surface area contributed by atoms with Crippen molar-refractivity contribution in [1.29, 1.82) is 0 Å². The predicted octanol–water partition coefficient (Wildman–Crippen LogP) is 6.79. The summed E-state index contributed by atoms with van der Waals surface area (Å²) in [5.41, 5.74) is 3.29. The number of phenols is 1. The maximum absolute atomic E-state index is 17.3. The number of terminal acetylenes is 1. The molecule has 5 atom stereocenters. The summed E-state index contributed by atoms with van der Waals surface area (Å²) in [6.45, 7) is 14.9. The zero-order chi connectivity index (χ0) is 48.1. The van der Waals surface area contributed by atoms with E-state index in [0.717, 1.165) is 110 Å². The van der Waals surface area contributed by atoms with Gasteiger partial charge in [-0.2, -0.15) is 9.97 Å². The molecule has 2 amide bonds. The number of aromatic hydroxyl groups is 1. The molecule has 6 fully saturated rings. The summed E-state index contributed by atoms with van der Waals surface area (Å²) in [4.78, 5) is 48.4. The van der Waals surface area contributed by atoms with E-state index in [1.807, 2.05) is 30.3 Å². The number of benzene rings is 3. The number of fused-ring (bicyclic) bond motifs is 4. The monoisotopic (exact) mass is 949 g/mol. The maximum Gasteiger partial charge on any atom is 0.319 e. The number of aromatic nitrogens is 3. The van der Waals surface area contributed by atoms with Crippen LogP contribution in [0.2, 0.25) is 0 Å². The van der Waals surface area contributed by atoms with Gasteiger partial charge in [0.15, 0.2) is 5.82 Å². The van der Waals surface area contributed by atoms with Gasteiger partial charge in [-0.25, -0.2) is 4.39 Å². The van der Waals surface area contributed by atoms with E-state index in [-0.39, 0.29) is 58.3 Å². The molecule has 2 bridgehead atoms. The number of imide groups is 1. The van der Waals surface area contributed by atoms with Crippen LogP contribution in [0.25, 0.3) is 32.9 Å². The Morgan fingerprint density at radius 1 is 0.914 bits per heavy atom. The Hall–Kier alpha value is -6.08. The molecule has 366 valence electrons. The first-order chi connectivity index (χ1) is 34.0. The van der Waals surface area contributed by atoms with Crippen molar-refractivity contribution in [2.24, 2.45) is 23.2 Å². The maximum atomic E-state index is 17.3. The Morgan fingerprint density at radius 3 is 2.34 bits per heavy atom. The molecule has 5 saturated heterocycles. The summed E-state index contributed by atoms with van der Waals surface area (Å²) in [6.07, 6.45) is 15.0. The van der Waals surface area contributed by atoms with E-state index in [0.29, 0.717) is 70.3 Å². The first kappa shape index (κ1) is 46.3.